The van der Waals surface area contributed by atoms with Gasteiger partial charge in [-0.3, -0.25) is 9.59 Å². The molecule has 3 fully saturated rings. The van der Waals surface area contributed by atoms with Crippen molar-refractivity contribution in [3.8, 4) is 11.8 Å². The van der Waals surface area contributed by atoms with Gasteiger partial charge in [-0.2, -0.15) is 5.26 Å². The molecule has 4 aliphatic carbocycles. The fraction of sp³-hybridized carbons (Fsp3) is 0.607. The van der Waals surface area contributed by atoms with E-state index in [4.69, 9.17) is 4.74 Å². The molecule has 34 heavy (non-hydrogen) atoms. The van der Waals surface area contributed by atoms with Gasteiger partial charge in [-0.25, -0.2) is 0 Å². The van der Waals surface area contributed by atoms with Crippen LogP contribution in [0.4, 0.5) is 0 Å². The number of carbonyl (C=O) groups excluding carboxylic acids is 2. The quantitative estimate of drug-likeness (QED) is 0.704. The van der Waals surface area contributed by atoms with E-state index in [-0.39, 0.29) is 41.3 Å². The number of fused-ring (bicyclic) bond motifs is 5. The van der Waals surface area contributed by atoms with E-state index in [1.807, 2.05) is 13.0 Å². The fourth-order valence-electron chi connectivity index (χ4n) is 8.10. The molecular weight excluding hydrogens is 430 g/mol. The number of aliphatic hydroxyl groups excluding tert-OH is 1. The van der Waals surface area contributed by atoms with Crippen molar-refractivity contribution in [2.45, 2.75) is 70.5 Å². The molecule has 0 heterocycles. The third-order valence-corrected chi connectivity index (χ3v) is 9.88. The monoisotopic (exact) mass is 463 g/mol. The Balaban J connectivity index is 1.40. The third kappa shape index (κ3) is 3.21. The van der Waals surface area contributed by atoms with Crippen molar-refractivity contribution in [1.82, 2.24) is 0 Å². The van der Waals surface area contributed by atoms with Crippen LogP contribution in [0.2, 0.25) is 0 Å². The molecule has 2 N–H and O–H groups in total. The molecule has 1 aromatic carbocycles. The van der Waals surface area contributed by atoms with E-state index < -0.39 is 17.1 Å². The molecule has 0 saturated heterocycles. The summed E-state index contributed by atoms with van der Waals surface area (Å²) in [5.74, 6) is 0.483. The number of Topliss-reactive ketones (excluding diaryl/α,β-unsaturated/α-hetero) is 1. The Bertz CT molecular complexity index is 1100. The molecule has 0 bridgehead atoms. The van der Waals surface area contributed by atoms with Gasteiger partial charge in [-0.05, 0) is 79.9 Å². The Kier molecular flexibility index (Phi) is 5.50. The molecule has 5 unspecified atom stereocenters. The largest absolute Gasteiger partial charge is 0.484 e. The van der Waals surface area contributed by atoms with Gasteiger partial charge in [0.05, 0.1) is 11.7 Å². The Labute approximate surface area is 200 Å². The SMILES string of the molecule is CC12CCC(=O)C=C1CCC1C2[C@@H](O)CC2(C)C1CC[C@]2(O)C(=O)COc1ccccc1C#N. The number of aliphatic hydroxyl groups is 2. The summed E-state index contributed by atoms with van der Waals surface area (Å²) in [6.45, 7) is 3.85. The summed E-state index contributed by atoms with van der Waals surface area (Å²) >= 11 is 0. The standard InChI is InChI=1S/C28H33NO5/c1-26-11-9-19(30)13-18(26)7-8-20-21-10-12-28(33,27(21,2)14-22(31)25(20)26)24(32)16-34-23-6-4-3-5-17(23)15-29/h3-6,13,20-22,25,31,33H,7-12,14,16H2,1-2H3/t20?,21?,22-,25?,26?,27?,28-/m0/s1. The highest BCUT2D eigenvalue weighted by atomic mass is 16.5. The van der Waals surface area contributed by atoms with Gasteiger partial charge in [0, 0.05) is 11.8 Å². The lowest BCUT2D eigenvalue weighted by molar-refractivity contribution is -0.181. The average molecular weight is 464 g/mol. The Morgan fingerprint density at radius 3 is 2.74 bits per heavy atom. The number of nitriles is 1. The van der Waals surface area contributed by atoms with Crippen molar-refractivity contribution in [1.29, 1.82) is 5.26 Å². The zero-order chi connectivity index (χ0) is 24.3. The normalized spacial score (nSPS) is 40.9. The molecule has 0 aliphatic heterocycles. The second-order valence-corrected chi connectivity index (χ2v) is 11.3. The lowest BCUT2D eigenvalue weighted by Crippen LogP contribution is -2.62. The summed E-state index contributed by atoms with van der Waals surface area (Å²) in [5, 5.41) is 32.6. The van der Waals surface area contributed by atoms with Crippen LogP contribution in [0.15, 0.2) is 35.9 Å². The average Bonchev–Trinajstić information content (AvgIpc) is 3.09. The second kappa shape index (κ2) is 8.03. The summed E-state index contributed by atoms with van der Waals surface area (Å²) in [6, 6.07) is 8.81. The van der Waals surface area contributed by atoms with E-state index in [2.05, 4.69) is 13.0 Å². The molecule has 0 radical (unpaired) electrons. The molecule has 7 atom stereocenters. The predicted molar refractivity (Wildman–Crippen MR) is 125 cm³/mol. The van der Waals surface area contributed by atoms with E-state index in [0.29, 0.717) is 30.6 Å². The highest BCUT2D eigenvalue weighted by Gasteiger charge is 2.68. The van der Waals surface area contributed by atoms with Crippen LogP contribution in [0.25, 0.3) is 0 Å². The zero-order valence-corrected chi connectivity index (χ0v) is 19.9. The van der Waals surface area contributed by atoms with Gasteiger partial charge in [-0.1, -0.05) is 31.6 Å². The molecule has 5 rings (SSSR count). The van der Waals surface area contributed by atoms with Gasteiger partial charge < -0.3 is 14.9 Å². The van der Waals surface area contributed by atoms with Crippen molar-refractivity contribution in [2.24, 2.45) is 28.6 Å². The minimum absolute atomic E-state index is 0.0369. The fourth-order valence-corrected chi connectivity index (χ4v) is 8.10. The molecule has 0 aromatic heterocycles. The van der Waals surface area contributed by atoms with Crippen LogP contribution in [-0.4, -0.2) is 40.1 Å². The number of para-hydroxylation sites is 1. The summed E-state index contributed by atoms with van der Waals surface area (Å²) in [5.41, 5.74) is -1.01. The number of hydrogen-bond donors (Lipinski definition) is 2. The molecule has 6 heteroatoms. The van der Waals surface area contributed by atoms with Crippen LogP contribution in [0.1, 0.15) is 64.4 Å². The molecule has 0 spiro atoms. The molecule has 1 aromatic rings. The number of carbonyl (C=O) groups is 2. The van der Waals surface area contributed by atoms with Gasteiger partial charge in [0.15, 0.2) is 5.78 Å². The smallest absolute Gasteiger partial charge is 0.202 e. The number of nitrogens with zero attached hydrogens (tertiary/aromatic N) is 1. The Hall–Kier alpha value is -2.49. The molecule has 3 saturated carbocycles. The maximum Gasteiger partial charge on any atom is 0.202 e. The van der Waals surface area contributed by atoms with Crippen molar-refractivity contribution in [3.63, 3.8) is 0 Å². The maximum absolute atomic E-state index is 13.4. The third-order valence-electron chi connectivity index (χ3n) is 9.88. The lowest BCUT2D eigenvalue weighted by atomic mass is 9.45. The number of ketones is 2. The summed E-state index contributed by atoms with van der Waals surface area (Å²) < 4.78 is 5.69. The van der Waals surface area contributed by atoms with Crippen LogP contribution in [-0.2, 0) is 9.59 Å². The van der Waals surface area contributed by atoms with E-state index in [1.165, 1.54) is 5.57 Å². The Morgan fingerprint density at radius 1 is 1.21 bits per heavy atom. The van der Waals surface area contributed by atoms with Gasteiger partial charge in [0.25, 0.3) is 0 Å². The summed E-state index contributed by atoms with van der Waals surface area (Å²) in [7, 11) is 0. The second-order valence-electron chi connectivity index (χ2n) is 11.3. The van der Waals surface area contributed by atoms with Crippen molar-refractivity contribution < 1.29 is 24.5 Å². The van der Waals surface area contributed by atoms with E-state index in [9.17, 15) is 25.1 Å². The summed E-state index contributed by atoms with van der Waals surface area (Å²) in [6.07, 6.45) is 5.58. The van der Waals surface area contributed by atoms with Crippen LogP contribution in [0.3, 0.4) is 0 Å². The highest BCUT2D eigenvalue weighted by molar-refractivity contribution is 5.92. The maximum atomic E-state index is 13.4. The van der Waals surface area contributed by atoms with E-state index in [1.54, 1.807) is 24.3 Å². The Morgan fingerprint density at radius 2 is 1.97 bits per heavy atom. The minimum Gasteiger partial charge on any atom is -0.484 e. The molecular formula is C28H33NO5. The topological polar surface area (TPSA) is 108 Å². The minimum atomic E-state index is -1.58. The van der Waals surface area contributed by atoms with E-state index >= 15 is 0 Å². The molecule has 180 valence electrons. The first-order valence-corrected chi connectivity index (χ1v) is 12.4. The first-order valence-electron chi connectivity index (χ1n) is 12.4. The number of benzene rings is 1. The first kappa shape index (κ1) is 23.3. The first-order chi connectivity index (χ1) is 16.1. The van der Waals surface area contributed by atoms with Gasteiger partial charge in [-0.15, -0.1) is 0 Å². The van der Waals surface area contributed by atoms with Gasteiger partial charge >= 0.3 is 0 Å². The number of allylic oxidation sites excluding steroid dienone is 1. The number of ether oxygens (including phenoxy) is 1. The van der Waals surface area contributed by atoms with Crippen LogP contribution in [0.5, 0.6) is 5.75 Å². The van der Waals surface area contributed by atoms with Crippen molar-refractivity contribution in [3.05, 3.63) is 41.5 Å². The number of hydrogen-bond acceptors (Lipinski definition) is 6. The molecule has 4 aliphatic rings. The van der Waals surface area contributed by atoms with E-state index in [0.717, 1.165) is 25.7 Å². The number of rotatable bonds is 4. The van der Waals surface area contributed by atoms with Crippen LogP contribution in [0, 0.1) is 39.9 Å². The molecule has 0 amide bonds. The zero-order valence-electron chi connectivity index (χ0n) is 19.9. The van der Waals surface area contributed by atoms with Crippen LogP contribution < -0.4 is 4.74 Å². The van der Waals surface area contributed by atoms with Gasteiger partial charge in [0.1, 0.15) is 24.0 Å². The predicted octanol–water partition coefficient (Wildman–Crippen LogP) is 3.74. The highest BCUT2D eigenvalue weighted by Crippen LogP contribution is 2.67. The molecule has 6 nitrogen and oxygen atoms in total. The summed E-state index contributed by atoms with van der Waals surface area (Å²) in [4.78, 5) is 25.5. The van der Waals surface area contributed by atoms with Crippen LogP contribution >= 0.6 is 0 Å². The van der Waals surface area contributed by atoms with Crippen molar-refractivity contribution in [2.75, 3.05) is 6.61 Å². The van der Waals surface area contributed by atoms with Gasteiger partial charge in [0.2, 0.25) is 5.78 Å². The lowest BCUT2D eigenvalue weighted by Gasteiger charge is -2.60. The van der Waals surface area contributed by atoms with Crippen molar-refractivity contribution >= 4 is 11.6 Å².